The van der Waals surface area contributed by atoms with Crippen molar-refractivity contribution in [3.8, 4) is 0 Å². The van der Waals surface area contributed by atoms with Crippen LogP contribution in [-0.2, 0) is 4.79 Å². The van der Waals surface area contributed by atoms with Crippen LogP contribution in [0.5, 0.6) is 0 Å². The van der Waals surface area contributed by atoms with Crippen molar-refractivity contribution < 1.29 is 27.2 Å². The first kappa shape index (κ1) is 26.3. The Kier molecular flexibility index (Phi) is 7.35. The SMILES string of the molecule is CC(C(N)=O)N(c1ccc(F)cc1)c1nc(N)c(C(=O)c2ccc(N3CCC(C(F)(F)F)CC3)nc2)s1. The highest BCUT2D eigenvalue weighted by atomic mass is 32.1. The molecule has 1 aliphatic rings. The molecule has 1 amide bonds. The van der Waals surface area contributed by atoms with Crippen LogP contribution in [0.1, 0.15) is 35.0 Å². The Morgan fingerprint density at radius 2 is 1.78 bits per heavy atom. The lowest BCUT2D eigenvalue weighted by Gasteiger charge is -2.33. The molecule has 2 aromatic heterocycles. The zero-order valence-corrected chi connectivity index (χ0v) is 20.5. The zero-order valence-electron chi connectivity index (χ0n) is 19.7. The number of aromatic nitrogens is 2. The fourth-order valence-electron chi connectivity index (χ4n) is 4.09. The number of hydrogen-bond donors (Lipinski definition) is 2. The Labute approximate surface area is 213 Å². The number of carbonyl (C=O) groups excluding carboxylic acids is 2. The van der Waals surface area contributed by atoms with Gasteiger partial charge in [0.15, 0.2) is 5.13 Å². The van der Waals surface area contributed by atoms with E-state index in [1.807, 2.05) is 0 Å². The Hall–Kier alpha value is -3.74. The summed E-state index contributed by atoms with van der Waals surface area (Å²) >= 11 is 0.944. The molecular formula is C24H24F4N6O2S. The normalized spacial score (nSPS) is 15.4. The number of nitrogens with two attached hydrogens (primary N) is 2. The predicted molar refractivity (Wildman–Crippen MR) is 132 cm³/mol. The first-order chi connectivity index (χ1) is 17.5. The molecule has 3 heterocycles. The molecule has 196 valence electrons. The Morgan fingerprint density at radius 3 is 2.32 bits per heavy atom. The monoisotopic (exact) mass is 536 g/mol. The number of piperidine rings is 1. The van der Waals surface area contributed by atoms with Crippen LogP contribution in [-0.4, -0.2) is 47.0 Å². The van der Waals surface area contributed by atoms with Gasteiger partial charge in [0.1, 0.15) is 28.4 Å². The molecule has 1 aromatic carbocycles. The summed E-state index contributed by atoms with van der Waals surface area (Å²) in [5.41, 5.74) is 12.2. The van der Waals surface area contributed by atoms with Gasteiger partial charge in [-0.05, 0) is 56.2 Å². The number of hydrogen-bond acceptors (Lipinski definition) is 8. The molecule has 0 radical (unpaired) electrons. The molecule has 13 heteroatoms. The molecule has 1 saturated heterocycles. The van der Waals surface area contributed by atoms with E-state index >= 15 is 0 Å². The highest BCUT2D eigenvalue weighted by Gasteiger charge is 2.41. The van der Waals surface area contributed by atoms with Crippen molar-refractivity contribution in [2.24, 2.45) is 11.7 Å². The summed E-state index contributed by atoms with van der Waals surface area (Å²) in [6, 6.07) is 7.58. The van der Waals surface area contributed by atoms with Crippen molar-refractivity contribution in [3.05, 3.63) is 58.9 Å². The van der Waals surface area contributed by atoms with Crippen LogP contribution in [0.4, 0.5) is 40.0 Å². The van der Waals surface area contributed by atoms with Gasteiger partial charge in [-0.1, -0.05) is 11.3 Å². The van der Waals surface area contributed by atoms with Crippen LogP contribution < -0.4 is 21.3 Å². The Balaban J connectivity index is 1.54. The average Bonchev–Trinajstić information content (AvgIpc) is 3.25. The lowest BCUT2D eigenvalue weighted by molar-refractivity contribution is -0.179. The van der Waals surface area contributed by atoms with Crippen LogP contribution in [0.3, 0.4) is 0 Å². The van der Waals surface area contributed by atoms with Crippen molar-refractivity contribution in [2.45, 2.75) is 32.0 Å². The number of nitrogen functional groups attached to an aromatic ring is 1. The number of nitrogens with zero attached hydrogens (tertiary/aromatic N) is 4. The minimum absolute atomic E-state index is 0.0136. The topological polar surface area (TPSA) is 118 Å². The summed E-state index contributed by atoms with van der Waals surface area (Å²) in [6.45, 7) is 1.98. The zero-order chi connectivity index (χ0) is 26.9. The van der Waals surface area contributed by atoms with Crippen LogP contribution in [0.15, 0.2) is 42.6 Å². The average molecular weight is 537 g/mol. The molecular weight excluding hydrogens is 512 g/mol. The van der Waals surface area contributed by atoms with Crippen molar-refractivity contribution in [2.75, 3.05) is 28.6 Å². The van der Waals surface area contributed by atoms with Crippen molar-refractivity contribution in [3.63, 3.8) is 0 Å². The minimum Gasteiger partial charge on any atom is -0.382 e. The first-order valence-corrected chi connectivity index (χ1v) is 12.2. The summed E-state index contributed by atoms with van der Waals surface area (Å²) in [5, 5.41) is 0.218. The fraction of sp³-hybridized carbons (Fsp3) is 0.333. The van der Waals surface area contributed by atoms with Crippen LogP contribution in [0.25, 0.3) is 0 Å². The van der Waals surface area contributed by atoms with Gasteiger partial charge in [0.05, 0.1) is 5.92 Å². The number of alkyl halides is 3. The second kappa shape index (κ2) is 10.3. The molecule has 8 nitrogen and oxygen atoms in total. The van der Waals surface area contributed by atoms with E-state index in [-0.39, 0.29) is 47.3 Å². The van der Waals surface area contributed by atoms with Gasteiger partial charge in [-0.3, -0.25) is 9.59 Å². The lowest BCUT2D eigenvalue weighted by atomic mass is 9.96. The third-order valence-electron chi connectivity index (χ3n) is 6.25. The third-order valence-corrected chi connectivity index (χ3v) is 7.32. The molecule has 1 fully saturated rings. The van der Waals surface area contributed by atoms with E-state index in [0.717, 1.165) is 11.3 Å². The fourth-order valence-corrected chi connectivity index (χ4v) is 5.14. The second-order valence-electron chi connectivity index (χ2n) is 8.67. The smallest absolute Gasteiger partial charge is 0.382 e. The molecule has 1 aliphatic heterocycles. The second-order valence-corrected chi connectivity index (χ2v) is 9.65. The van der Waals surface area contributed by atoms with E-state index in [9.17, 15) is 27.2 Å². The quantitative estimate of drug-likeness (QED) is 0.342. The van der Waals surface area contributed by atoms with Gasteiger partial charge >= 0.3 is 6.18 Å². The number of ketones is 1. The van der Waals surface area contributed by atoms with E-state index in [1.54, 1.807) is 17.9 Å². The third kappa shape index (κ3) is 5.66. The molecule has 1 atom stereocenters. The summed E-state index contributed by atoms with van der Waals surface area (Å²) in [5.74, 6) is -2.49. The molecule has 0 bridgehead atoms. The molecule has 4 rings (SSSR count). The van der Waals surface area contributed by atoms with Crippen LogP contribution >= 0.6 is 11.3 Å². The summed E-state index contributed by atoms with van der Waals surface area (Å²) < 4.78 is 52.2. The van der Waals surface area contributed by atoms with Crippen molar-refractivity contribution in [1.82, 2.24) is 9.97 Å². The van der Waals surface area contributed by atoms with Crippen molar-refractivity contribution >= 4 is 45.5 Å². The van der Waals surface area contributed by atoms with Crippen LogP contribution in [0, 0.1) is 11.7 Å². The Bertz CT molecular complexity index is 1270. The molecule has 4 N–H and O–H groups in total. The first-order valence-electron chi connectivity index (χ1n) is 11.4. The Morgan fingerprint density at radius 1 is 1.14 bits per heavy atom. The van der Waals surface area contributed by atoms with Gasteiger partial charge in [-0.2, -0.15) is 13.2 Å². The van der Waals surface area contributed by atoms with Gasteiger partial charge in [0, 0.05) is 30.5 Å². The maximum Gasteiger partial charge on any atom is 0.391 e. The molecule has 1 unspecified atom stereocenters. The number of primary amides is 1. The maximum absolute atomic E-state index is 13.4. The molecule has 37 heavy (non-hydrogen) atoms. The molecule has 0 saturated carbocycles. The van der Waals surface area contributed by atoms with E-state index in [4.69, 9.17) is 11.5 Å². The number of amides is 1. The minimum atomic E-state index is -4.20. The number of carbonyl (C=O) groups is 2. The summed E-state index contributed by atoms with van der Waals surface area (Å²) in [7, 11) is 0. The van der Waals surface area contributed by atoms with E-state index in [0.29, 0.717) is 11.5 Å². The number of thiazole rings is 1. The van der Waals surface area contributed by atoms with E-state index < -0.39 is 35.6 Å². The molecule has 0 aliphatic carbocycles. The molecule has 3 aromatic rings. The van der Waals surface area contributed by atoms with Gasteiger partial charge in [-0.25, -0.2) is 14.4 Å². The number of halogens is 4. The van der Waals surface area contributed by atoms with E-state index in [2.05, 4.69) is 9.97 Å². The lowest BCUT2D eigenvalue weighted by Crippen LogP contribution is -2.39. The van der Waals surface area contributed by atoms with Crippen LogP contribution in [0.2, 0.25) is 0 Å². The molecule has 0 spiro atoms. The number of rotatable bonds is 7. The van der Waals surface area contributed by atoms with Gasteiger partial charge in [0.2, 0.25) is 11.7 Å². The largest absolute Gasteiger partial charge is 0.391 e. The summed E-state index contributed by atoms with van der Waals surface area (Å²) in [6.07, 6.45) is -2.89. The number of pyridine rings is 1. The summed E-state index contributed by atoms with van der Waals surface area (Å²) in [4.78, 5) is 37.0. The van der Waals surface area contributed by atoms with Crippen molar-refractivity contribution in [1.29, 1.82) is 0 Å². The van der Waals surface area contributed by atoms with E-state index in [1.165, 1.54) is 41.4 Å². The number of anilines is 4. The van der Waals surface area contributed by atoms with Gasteiger partial charge in [-0.15, -0.1) is 0 Å². The standard InChI is InChI=1S/C24H24F4N6O2S/c1-13(22(30)36)34(17-5-3-16(25)4-6-17)23-32-21(29)20(37-23)19(35)14-2-7-18(31-12-14)33-10-8-15(9-11-33)24(26,27)28/h2-7,12-13,15H,8-11,29H2,1H3,(H2,30,36). The van der Waals surface area contributed by atoms with Gasteiger partial charge in [0.25, 0.3) is 0 Å². The number of benzene rings is 1. The highest BCUT2D eigenvalue weighted by molar-refractivity contribution is 7.18. The van der Waals surface area contributed by atoms with Gasteiger partial charge < -0.3 is 21.3 Å². The highest BCUT2D eigenvalue weighted by Crippen LogP contribution is 2.37. The maximum atomic E-state index is 13.4. The predicted octanol–water partition coefficient (Wildman–Crippen LogP) is 4.28.